The van der Waals surface area contributed by atoms with Crippen molar-refractivity contribution in [2.45, 2.75) is 6.42 Å². The largest absolute Gasteiger partial charge is 0.478 e. The van der Waals surface area contributed by atoms with Gasteiger partial charge in [-0.3, -0.25) is 0 Å². The molecule has 2 heterocycles. The standard InChI is InChI=1S/C23H24N4.C4H4O4/c1-26(2)16-9-17-27-20-13-7-6-12-19(20)22(18-10-4-3-5-11-18)25-23-21(27)14-8-15-24-23;5-3(6)1-2-4(7)8/h3-8,10-15H,9,16-17H2,1-2H3;1-2H,(H,5,6)(H,7,8). The third-order valence-corrected chi connectivity index (χ3v) is 5.13. The lowest BCUT2D eigenvalue weighted by Gasteiger charge is -2.26. The van der Waals surface area contributed by atoms with Crippen LogP contribution in [0, 0.1) is 0 Å². The highest BCUT2D eigenvalue weighted by atomic mass is 16.4. The fourth-order valence-corrected chi connectivity index (χ4v) is 3.64. The van der Waals surface area contributed by atoms with Crippen molar-refractivity contribution in [2.75, 3.05) is 32.1 Å². The maximum Gasteiger partial charge on any atom is 0.328 e. The van der Waals surface area contributed by atoms with Crippen molar-refractivity contribution in [3.63, 3.8) is 0 Å². The summed E-state index contributed by atoms with van der Waals surface area (Å²) in [5, 5.41) is 15.6. The maximum atomic E-state index is 9.55. The average molecular weight is 473 g/mol. The van der Waals surface area contributed by atoms with Crippen LogP contribution in [-0.2, 0) is 9.59 Å². The van der Waals surface area contributed by atoms with Crippen LogP contribution in [-0.4, -0.2) is 64.9 Å². The van der Waals surface area contributed by atoms with E-state index in [-0.39, 0.29) is 0 Å². The Hall–Kier alpha value is -4.30. The van der Waals surface area contributed by atoms with E-state index in [2.05, 4.69) is 83.5 Å². The number of carboxylic acids is 2. The van der Waals surface area contributed by atoms with Gasteiger partial charge in [0, 0.05) is 36.0 Å². The van der Waals surface area contributed by atoms with Crippen LogP contribution >= 0.6 is 0 Å². The number of hydrogen-bond donors (Lipinski definition) is 2. The fraction of sp³-hybridized carbons (Fsp3) is 0.185. The highest BCUT2D eigenvalue weighted by Gasteiger charge is 2.23. The third kappa shape index (κ3) is 7.09. The highest BCUT2D eigenvalue weighted by molar-refractivity contribution is 6.18. The van der Waals surface area contributed by atoms with Crippen molar-refractivity contribution in [1.82, 2.24) is 9.88 Å². The second-order valence-electron chi connectivity index (χ2n) is 8.01. The Morgan fingerprint density at radius 2 is 1.51 bits per heavy atom. The topological polar surface area (TPSA) is 106 Å². The van der Waals surface area contributed by atoms with Gasteiger partial charge in [-0.15, -0.1) is 0 Å². The minimum Gasteiger partial charge on any atom is -0.478 e. The minimum absolute atomic E-state index is 0.558. The Morgan fingerprint density at radius 3 is 2.17 bits per heavy atom. The van der Waals surface area contributed by atoms with E-state index in [0.29, 0.717) is 12.2 Å². The van der Waals surface area contributed by atoms with Gasteiger partial charge in [-0.1, -0.05) is 48.5 Å². The quantitative estimate of drug-likeness (QED) is 0.492. The molecule has 1 aromatic heterocycles. The summed E-state index contributed by atoms with van der Waals surface area (Å²) < 4.78 is 0. The molecule has 0 spiro atoms. The molecule has 0 saturated carbocycles. The molecule has 0 unspecified atom stereocenters. The second-order valence-corrected chi connectivity index (χ2v) is 8.01. The van der Waals surface area contributed by atoms with Crippen LogP contribution in [0.5, 0.6) is 0 Å². The lowest BCUT2D eigenvalue weighted by atomic mass is 10.00. The lowest BCUT2D eigenvalue weighted by molar-refractivity contribution is -0.134. The molecule has 1 aliphatic heterocycles. The van der Waals surface area contributed by atoms with E-state index in [1.165, 1.54) is 5.69 Å². The fourth-order valence-electron chi connectivity index (χ4n) is 3.64. The van der Waals surface area contributed by atoms with Gasteiger partial charge in [0.25, 0.3) is 0 Å². The average Bonchev–Trinajstić information content (AvgIpc) is 2.99. The first-order valence-electron chi connectivity index (χ1n) is 11.1. The number of benzene rings is 2. The van der Waals surface area contributed by atoms with Gasteiger partial charge >= 0.3 is 11.9 Å². The highest BCUT2D eigenvalue weighted by Crippen LogP contribution is 2.39. The summed E-state index contributed by atoms with van der Waals surface area (Å²) in [5.41, 5.74) is 5.48. The van der Waals surface area contributed by atoms with Crippen molar-refractivity contribution in [2.24, 2.45) is 4.99 Å². The number of aliphatic imine (C=N–C) groups is 1. The summed E-state index contributed by atoms with van der Waals surface area (Å²) in [4.78, 5) is 33.3. The number of nitrogens with zero attached hydrogens (tertiary/aromatic N) is 4. The lowest BCUT2D eigenvalue weighted by Crippen LogP contribution is -2.24. The van der Waals surface area contributed by atoms with E-state index in [4.69, 9.17) is 15.2 Å². The summed E-state index contributed by atoms with van der Waals surface area (Å²) in [6.45, 7) is 1.96. The molecule has 0 aliphatic carbocycles. The molecular formula is C27H28N4O4. The second kappa shape index (κ2) is 12.2. The predicted molar refractivity (Wildman–Crippen MR) is 137 cm³/mol. The molecule has 2 N–H and O–H groups in total. The Morgan fingerprint density at radius 1 is 0.886 bits per heavy atom. The number of rotatable bonds is 7. The number of pyridine rings is 1. The minimum atomic E-state index is -1.26. The molecule has 4 rings (SSSR count). The van der Waals surface area contributed by atoms with Crippen molar-refractivity contribution >= 4 is 34.8 Å². The SMILES string of the molecule is CN(C)CCCN1c2ccccc2C(c2ccccc2)=Nc2ncccc21.O=C(O)C=CC(=O)O. The Balaban J connectivity index is 0.000000371. The van der Waals surface area contributed by atoms with Crippen LogP contribution in [0.25, 0.3) is 0 Å². The van der Waals surface area contributed by atoms with Crippen LogP contribution in [0.3, 0.4) is 0 Å². The van der Waals surface area contributed by atoms with Gasteiger partial charge in [0.15, 0.2) is 5.82 Å². The molecule has 1 aliphatic rings. The summed E-state index contributed by atoms with van der Waals surface area (Å²) in [5.74, 6) is -1.74. The van der Waals surface area contributed by atoms with Crippen molar-refractivity contribution in [3.8, 4) is 0 Å². The summed E-state index contributed by atoms with van der Waals surface area (Å²) in [6, 6.07) is 23.0. The molecule has 180 valence electrons. The number of aromatic nitrogens is 1. The molecule has 35 heavy (non-hydrogen) atoms. The van der Waals surface area contributed by atoms with Crippen LogP contribution in [0.4, 0.5) is 17.2 Å². The number of fused-ring (bicyclic) bond motifs is 2. The molecule has 0 saturated heterocycles. The zero-order chi connectivity index (χ0) is 25.2. The number of para-hydroxylation sites is 1. The number of aliphatic carboxylic acids is 2. The normalized spacial score (nSPS) is 12.2. The Kier molecular flexibility index (Phi) is 8.86. The molecule has 8 nitrogen and oxygen atoms in total. The molecule has 0 fully saturated rings. The van der Waals surface area contributed by atoms with Gasteiger partial charge < -0.3 is 20.0 Å². The third-order valence-electron chi connectivity index (χ3n) is 5.13. The molecule has 0 bridgehead atoms. The smallest absolute Gasteiger partial charge is 0.328 e. The van der Waals surface area contributed by atoms with E-state index in [1.807, 2.05) is 18.3 Å². The van der Waals surface area contributed by atoms with Gasteiger partial charge in [0.05, 0.1) is 17.1 Å². The predicted octanol–water partition coefficient (Wildman–Crippen LogP) is 4.37. The van der Waals surface area contributed by atoms with E-state index in [1.54, 1.807) is 0 Å². The zero-order valence-corrected chi connectivity index (χ0v) is 19.7. The van der Waals surface area contributed by atoms with E-state index < -0.39 is 11.9 Å². The van der Waals surface area contributed by atoms with Crippen LogP contribution < -0.4 is 4.90 Å². The Labute approximate surface area is 204 Å². The van der Waals surface area contributed by atoms with E-state index in [9.17, 15) is 9.59 Å². The van der Waals surface area contributed by atoms with Crippen LogP contribution in [0.2, 0.25) is 0 Å². The molecule has 0 amide bonds. The first-order chi connectivity index (χ1) is 16.9. The van der Waals surface area contributed by atoms with E-state index >= 15 is 0 Å². The van der Waals surface area contributed by atoms with Gasteiger partial charge in [0.2, 0.25) is 0 Å². The van der Waals surface area contributed by atoms with Gasteiger partial charge in [0.1, 0.15) is 0 Å². The number of carboxylic acid groups (broad SMARTS) is 2. The molecule has 2 aromatic carbocycles. The number of carbonyl (C=O) groups is 2. The van der Waals surface area contributed by atoms with Crippen molar-refractivity contribution < 1.29 is 19.8 Å². The van der Waals surface area contributed by atoms with Crippen molar-refractivity contribution in [3.05, 3.63) is 96.2 Å². The maximum absolute atomic E-state index is 9.55. The molecule has 8 heteroatoms. The first kappa shape index (κ1) is 25.3. The zero-order valence-electron chi connectivity index (χ0n) is 19.7. The van der Waals surface area contributed by atoms with Crippen LogP contribution in [0.1, 0.15) is 17.5 Å². The summed E-state index contributed by atoms with van der Waals surface area (Å²) >= 11 is 0. The Bertz CT molecular complexity index is 1210. The first-order valence-corrected chi connectivity index (χ1v) is 11.1. The van der Waals surface area contributed by atoms with Crippen LogP contribution in [0.15, 0.2) is 90.1 Å². The van der Waals surface area contributed by atoms with E-state index in [0.717, 1.165) is 47.9 Å². The van der Waals surface area contributed by atoms with Crippen molar-refractivity contribution in [1.29, 1.82) is 0 Å². The molecule has 0 atom stereocenters. The molecular weight excluding hydrogens is 444 g/mol. The van der Waals surface area contributed by atoms with Gasteiger partial charge in [-0.05, 0) is 45.3 Å². The molecule has 3 aromatic rings. The number of anilines is 2. The van der Waals surface area contributed by atoms with Gasteiger partial charge in [-0.2, -0.15) is 0 Å². The van der Waals surface area contributed by atoms with Gasteiger partial charge in [-0.25, -0.2) is 19.6 Å². The number of hydrogen-bond acceptors (Lipinski definition) is 6. The molecule has 0 radical (unpaired) electrons. The summed E-state index contributed by atoms with van der Waals surface area (Å²) in [7, 11) is 4.23. The monoisotopic (exact) mass is 472 g/mol. The summed E-state index contributed by atoms with van der Waals surface area (Å²) in [6.07, 6.45) is 4.00.